The van der Waals surface area contributed by atoms with E-state index in [1.807, 2.05) is 22.6 Å². The largest absolute Gasteiger partial charge is 0.494 e. The zero-order valence-electron chi connectivity index (χ0n) is 32.7. The molecule has 4 aromatic carbocycles. The molecule has 0 saturated heterocycles. The summed E-state index contributed by atoms with van der Waals surface area (Å²) < 4.78 is 120. The number of nitrogens with one attached hydrogen (secondary N) is 5. The molecule has 23 heteroatoms. The average Bonchev–Trinajstić information content (AvgIpc) is 4.03. The molecule has 1 fully saturated rings. The van der Waals surface area contributed by atoms with Crippen LogP contribution in [-0.4, -0.2) is 67.2 Å². The number of amides is 3. The van der Waals surface area contributed by atoms with Crippen molar-refractivity contribution in [2.24, 2.45) is 0 Å². The topological polar surface area (TPSA) is 200 Å². The van der Waals surface area contributed by atoms with Crippen molar-refractivity contribution in [3.05, 3.63) is 122 Å². The molecule has 1 aromatic heterocycles. The van der Waals surface area contributed by atoms with Crippen LogP contribution < -0.4 is 35.5 Å². The van der Waals surface area contributed by atoms with E-state index in [0.29, 0.717) is 26.8 Å². The zero-order chi connectivity index (χ0) is 46.3. The highest BCUT2D eigenvalue weighted by Crippen LogP contribution is 2.50. The number of aliphatic hydroxyl groups excluding tert-OH is 2. The van der Waals surface area contributed by atoms with Gasteiger partial charge in [-0.1, -0.05) is 11.6 Å². The molecule has 1 atom stereocenters. The van der Waals surface area contributed by atoms with Crippen LogP contribution >= 0.6 is 34.2 Å². The van der Waals surface area contributed by atoms with Gasteiger partial charge in [-0.25, -0.2) is 26.4 Å². The van der Waals surface area contributed by atoms with E-state index in [9.17, 15) is 49.5 Å². The van der Waals surface area contributed by atoms with Crippen LogP contribution in [0.15, 0.2) is 85.1 Å². The van der Waals surface area contributed by atoms with Crippen molar-refractivity contribution in [1.82, 2.24) is 10.3 Å². The quantitative estimate of drug-likeness (QED) is 0.0416. The van der Waals surface area contributed by atoms with E-state index in [0.717, 1.165) is 25.3 Å². The molecule has 0 aliphatic heterocycles. The second kappa shape index (κ2) is 20.3. The lowest BCUT2D eigenvalue weighted by molar-refractivity contribution is -0.137. The monoisotopic (exact) mass is 1040 g/mol. The highest BCUT2D eigenvalue weighted by Gasteiger charge is 2.55. The van der Waals surface area contributed by atoms with E-state index in [2.05, 4.69) is 31.0 Å². The second-order valence-electron chi connectivity index (χ2n) is 13.6. The van der Waals surface area contributed by atoms with E-state index < -0.39 is 79.1 Å². The van der Waals surface area contributed by atoms with Gasteiger partial charge in [0.25, 0.3) is 5.91 Å². The summed E-state index contributed by atoms with van der Waals surface area (Å²) >= 11 is 7.45. The minimum atomic E-state index is -4.64. The van der Waals surface area contributed by atoms with Crippen molar-refractivity contribution < 1.29 is 64.0 Å². The van der Waals surface area contributed by atoms with Gasteiger partial charge in [-0.3, -0.25) is 14.5 Å². The Balaban J connectivity index is 0.000000238. The van der Waals surface area contributed by atoms with Crippen molar-refractivity contribution in [3.63, 3.8) is 0 Å². The predicted molar refractivity (Wildman–Crippen MR) is 231 cm³/mol. The molecular weight excluding hydrogens is 1000 g/mol. The number of aromatic nitrogens is 1. The molecule has 6 rings (SSSR count). The Morgan fingerprint density at radius 1 is 0.921 bits per heavy atom. The Kier molecular flexibility index (Phi) is 15.6. The summed E-state index contributed by atoms with van der Waals surface area (Å²) in [5.41, 5.74) is -1.85. The maximum atomic E-state index is 14.7. The van der Waals surface area contributed by atoms with E-state index in [1.165, 1.54) is 37.5 Å². The number of hydrogen-bond donors (Lipinski definition) is 7. The number of nitrogens with zero attached hydrogens (tertiary/aromatic N) is 1. The molecule has 1 heterocycles. The van der Waals surface area contributed by atoms with Crippen LogP contribution in [0.4, 0.5) is 59.6 Å². The van der Waals surface area contributed by atoms with Crippen LogP contribution in [0.3, 0.4) is 0 Å². The summed E-state index contributed by atoms with van der Waals surface area (Å²) in [6.45, 7) is -0.620. The number of benzene rings is 4. The lowest BCUT2D eigenvalue weighted by Gasteiger charge is -2.23. The first-order valence-electron chi connectivity index (χ1n) is 18.2. The highest BCUT2D eigenvalue weighted by molar-refractivity contribution is 14.1. The molecular formula is C40H36ClF6IN6O8S. The molecule has 1 aliphatic rings. The summed E-state index contributed by atoms with van der Waals surface area (Å²) in [7, 11) is -1.60. The van der Waals surface area contributed by atoms with Crippen molar-refractivity contribution >= 4 is 84.6 Å². The number of halogens is 8. The Morgan fingerprint density at radius 3 is 2.19 bits per heavy atom. The zero-order valence-corrected chi connectivity index (χ0v) is 36.4. The van der Waals surface area contributed by atoms with E-state index in [-0.39, 0.29) is 48.0 Å². The van der Waals surface area contributed by atoms with Crippen LogP contribution in [0.5, 0.6) is 17.2 Å². The van der Waals surface area contributed by atoms with Gasteiger partial charge in [-0.15, -0.1) is 0 Å². The van der Waals surface area contributed by atoms with Gasteiger partial charge in [0, 0.05) is 40.3 Å². The van der Waals surface area contributed by atoms with Gasteiger partial charge in [-0.2, -0.15) is 13.2 Å². The SMILES string of the molecule is CNC(=O)c1cc(Oc2ccc(NC(=O)Nc3ccc(Cl)c(C(F)(F)F)c3)cc2)ccn1.COc1cc(F)c(F)c(Nc2ccc(I)cc2F)c1NS(=O)(=O)C1(C[C@H](O)CO)CC1. The predicted octanol–water partition coefficient (Wildman–Crippen LogP) is 9.03. The number of rotatable bonds is 14. The number of pyridine rings is 1. The number of aliphatic hydroxyl groups is 2. The Bertz CT molecular complexity index is 2590. The molecule has 3 amide bonds. The molecule has 1 saturated carbocycles. The smallest absolute Gasteiger partial charge is 0.417 e. The molecule has 1 aliphatic carbocycles. The van der Waals surface area contributed by atoms with Crippen molar-refractivity contribution in [1.29, 1.82) is 0 Å². The van der Waals surface area contributed by atoms with Crippen molar-refractivity contribution in [2.45, 2.75) is 36.3 Å². The molecule has 14 nitrogen and oxygen atoms in total. The minimum absolute atomic E-state index is 0.0659. The van der Waals surface area contributed by atoms with Crippen LogP contribution in [0.25, 0.3) is 0 Å². The number of urea groups is 1. The number of alkyl halides is 3. The Hall–Kier alpha value is -5.56. The van der Waals surface area contributed by atoms with Gasteiger partial charge in [0.1, 0.15) is 40.1 Å². The molecule has 0 radical (unpaired) electrons. The third-order valence-electron chi connectivity index (χ3n) is 9.10. The third-order valence-corrected chi connectivity index (χ3v) is 12.3. The summed E-state index contributed by atoms with van der Waals surface area (Å²) in [5.74, 6) is -3.38. The molecule has 63 heavy (non-hydrogen) atoms. The van der Waals surface area contributed by atoms with Gasteiger partial charge in [0.15, 0.2) is 11.6 Å². The number of carbonyl (C=O) groups is 2. The van der Waals surface area contributed by atoms with Crippen LogP contribution in [0.1, 0.15) is 35.3 Å². The maximum Gasteiger partial charge on any atom is 0.417 e. The fourth-order valence-electron chi connectivity index (χ4n) is 5.75. The standard InChI is InChI=1S/C21H16ClF3N4O3.C19H20F3IN2O5S/c1-26-19(30)18-11-15(8-9-27-18)32-14-5-2-12(3-6-14)28-20(31)29-13-4-7-17(22)16(10-13)21(23,24)25;1-30-15-7-13(21)16(22)18(24-14-3-2-10(23)6-12(14)20)17(15)25-31(28,29)19(4-5-19)8-11(27)9-26/h2-11H,1H3,(H,26,30)(H2,28,29,31);2-3,6-7,11,24-27H,4-5,8-9H2,1H3/t;11-/m.0/s1. The van der Waals surface area contributed by atoms with Crippen LogP contribution in [-0.2, 0) is 16.2 Å². The summed E-state index contributed by atoms with van der Waals surface area (Å²) in [6.07, 6.45) is -4.29. The van der Waals surface area contributed by atoms with Gasteiger partial charge in [-0.05, 0) is 109 Å². The number of methoxy groups -OCH3 is 1. The normalized spacial score (nSPS) is 13.4. The van der Waals surface area contributed by atoms with Gasteiger partial charge >= 0.3 is 12.2 Å². The molecule has 0 bridgehead atoms. The van der Waals surface area contributed by atoms with Crippen molar-refractivity contribution in [3.8, 4) is 17.2 Å². The third kappa shape index (κ3) is 12.3. The van der Waals surface area contributed by atoms with Crippen LogP contribution in [0, 0.1) is 21.0 Å². The molecule has 336 valence electrons. The van der Waals surface area contributed by atoms with Gasteiger partial charge in [0.05, 0.1) is 40.8 Å². The first kappa shape index (κ1) is 48.5. The number of anilines is 5. The van der Waals surface area contributed by atoms with E-state index >= 15 is 0 Å². The van der Waals surface area contributed by atoms with Gasteiger partial charge in [0.2, 0.25) is 10.0 Å². The second-order valence-corrected chi connectivity index (χ2v) is 17.3. The first-order chi connectivity index (χ1) is 29.7. The molecule has 0 spiro atoms. The molecule has 0 unspecified atom stereocenters. The average molecular weight is 1040 g/mol. The summed E-state index contributed by atoms with van der Waals surface area (Å²) in [5, 5.41) is 28.0. The molecule has 7 N–H and O–H groups in total. The lowest BCUT2D eigenvalue weighted by atomic mass is 10.2. The minimum Gasteiger partial charge on any atom is -0.494 e. The van der Waals surface area contributed by atoms with E-state index in [4.69, 9.17) is 26.2 Å². The number of sulfonamides is 1. The van der Waals surface area contributed by atoms with Crippen molar-refractivity contribution in [2.75, 3.05) is 41.4 Å². The Labute approximate surface area is 374 Å². The number of ether oxygens (including phenoxy) is 2. The lowest BCUT2D eigenvalue weighted by Crippen LogP contribution is -2.34. The first-order valence-corrected chi connectivity index (χ1v) is 21.1. The fraction of sp³-hybridized carbons (Fsp3) is 0.225. The maximum absolute atomic E-state index is 14.7. The Morgan fingerprint density at radius 2 is 1.59 bits per heavy atom. The summed E-state index contributed by atoms with van der Waals surface area (Å²) in [6, 6.07) is 16.3. The number of hydrogen-bond acceptors (Lipinski definition) is 10. The summed E-state index contributed by atoms with van der Waals surface area (Å²) in [4.78, 5) is 27.7. The highest BCUT2D eigenvalue weighted by atomic mass is 127. The van der Waals surface area contributed by atoms with E-state index in [1.54, 1.807) is 30.3 Å². The van der Waals surface area contributed by atoms with Crippen LogP contribution in [0.2, 0.25) is 5.02 Å². The van der Waals surface area contributed by atoms with Gasteiger partial charge < -0.3 is 41.0 Å². The number of carbonyl (C=O) groups excluding carboxylic acids is 2. The fourth-order valence-corrected chi connectivity index (χ4v) is 8.17. The molecule has 5 aromatic rings.